The topological polar surface area (TPSA) is 94.2 Å². The Kier molecular flexibility index (Phi) is 8.45. The van der Waals surface area contributed by atoms with Gasteiger partial charge in [-0.2, -0.15) is 4.31 Å². The monoisotopic (exact) mass is 496 g/mol. The summed E-state index contributed by atoms with van der Waals surface area (Å²) in [5.41, 5.74) is 0.839. The van der Waals surface area contributed by atoms with Crippen LogP contribution in [0.25, 0.3) is 0 Å². The van der Waals surface area contributed by atoms with Crippen LogP contribution in [0.4, 0.5) is 0 Å². The van der Waals surface area contributed by atoms with Gasteiger partial charge in [-0.3, -0.25) is 4.79 Å². The summed E-state index contributed by atoms with van der Waals surface area (Å²) in [7, 11) is -0.492. The Morgan fingerprint density at radius 2 is 1.70 bits per heavy atom. The van der Waals surface area contributed by atoms with Crippen molar-refractivity contribution in [2.24, 2.45) is 0 Å². The summed E-state index contributed by atoms with van der Waals surface area (Å²) in [5, 5.41) is 2.98. The van der Waals surface area contributed by atoms with Crippen molar-refractivity contribution >= 4 is 27.5 Å². The summed E-state index contributed by atoms with van der Waals surface area (Å²) < 4.78 is 43.1. The molecule has 8 nitrogen and oxygen atoms in total. The van der Waals surface area contributed by atoms with Gasteiger partial charge < -0.3 is 19.5 Å². The maximum absolute atomic E-state index is 12.8. The van der Waals surface area contributed by atoms with Gasteiger partial charge in [0.25, 0.3) is 5.91 Å². The molecule has 180 valence electrons. The van der Waals surface area contributed by atoms with Gasteiger partial charge in [0.1, 0.15) is 5.75 Å². The van der Waals surface area contributed by atoms with E-state index in [1.165, 1.54) is 22.5 Å². The quantitative estimate of drug-likeness (QED) is 0.567. The zero-order valence-corrected chi connectivity index (χ0v) is 20.5. The van der Waals surface area contributed by atoms with Crippen molar-refractivity contribution < 1.29 is 27.4 Å². The van der Waals surface area contributed by atoms with Gasteiger partial charge >= 0.3 is 0 Å². The molecule has 1 amide bonds. The van der Waals surface area contributed by atoms with Gasteiger partial charge in [0, 0.05) is 13.1 Å². The average molecular weight is 497 g/mol. The number of hydrogen-bond donors (Lipinski definition) is 1. The Labute approximate surface area is 199 Å². The highest BCUT2D eigenvalue weighted by Crippen LogP contribution is 2.31. The molecule has 0 saturated carbocycles. The van der Waals surface area contributed by atoms with Gasteiger partial charge in [0.05, 0.1) is 30.2 Å². The Balaban J connectivity index is 1.60. The van der Waals surface area contributed by atoms with Gasteiger partial charge in [0.15, 0.2) is 18.1 Å². The highest BCUT2D eigenvalue weighted by Gasteiger charge is 2.26. The Morgan fingerprint density at radius 1 is 1.03 bits per heavy atom. The van der Waals surface area contributed by atoms with Crippen molar-refractivity contribution in [2.45, 2.75) is 37.1 Å². The summed E-state index contributed by atoms with van der Waals surface area (Å²) >= 11 is 6.26. The Bertz CT molecular complexity index is 1090. The zero-order chi connectivity index (χ0) is 24.0. The van der Waals surface area contributed by atoms with E-state index < -0.39 is 10.0 Å². The maximum atomic E-state index is 12.8. The normalized spacial score (nSPS) is 15.5. The molecule has 0 bridgehead atoms. The molecular formula is C23H29ClN2O6S. The fourth-order valence-electron chi connectivity index (χ4n) is 3.65. The van der Waals surface area contributed by atoms with Crippen LogP contribution in [0.1, 0.15) is 37.8 Å². The van der Waals surface area contributed by atoms with Gasteiger partial charge in [-0.25, -0.2) is 8.42 Å². The molecule has 10 heteroatoms. The standard InChI is InChI=1S/C23H29ClN2O6S/c1-16(17-7-9-21(30-2)22(13-17)31-3)25-23(27)15-32-20-10-8-18(14-19(20)24)33(28,29)26-11-5-4-6-12-26/h7-10,13-14,16H,4-6,11-12,15H2,1-3H3,(H,25,27)/t16-/m1/s1. The minimum atomic E-state index is -3.60. The van der Waals surface area contributed by atoms with Crippen molar-refractivity contribution in [1.82, 2.24) is 9.62 Å². The molecule has 3 rings (SSSR count). The second kappa shape index (κ2) is 11.1. The summed E-state index contributed by atoms with van der Waals surface area (Å²) in [6.45, 7) is 2.59. The lowest BCUT2D eigenvalue weighted by Crippen LogP contribution is -2.35. The predicted octanol–water partition coefficient (Wildman–Crippen LogP) is 3.79. The molecule has 0 aromatic heterocycles. The third-order valence-corrected chi connectivity index (χ3v) is 7.69. The van der Waals surface area contributed by atoms with Crippen LogP contribution in [-0.2, 0) is 14.8 Å². The van der Waals surface area contributed by atoms with Crippen LogP contribution in [0.3, 0.4) is 0 Å². The molecule has 0 spiro atoms. The number of nitrogens with one attached hydrogen (secondary N) is 1. The van der Waals surface area contributed by atoms with Crippen LogP contribution in [-0.4, -0.2) is 52.5 Å². The maximum Gasteiger partial charge on any atom is 0.258 e. The van der Waals surface area contributed by atoms with Crippen LogP contribution < -0.4 is 19.5 Å². The fraction of sp³-hybridized carbons (Fsp3) is 0.435. The molecule has 1 heterocycles. The van der Waals surface area contributed by atoms with Crippen LogP contribution in [0.5, 0.6) is 17.2 Å². The number of sulfonamides is 1. The lowest BCUT2D eigenvalue weighted by atomic mass is 10.1. The van der Waals surface area contributed by atoms with Gasteiger partial charge in [0.2, 0.25) is 10.0 Å². The molecule has 0 radical (unpaired) electrons. The van der Waals surface area contributed by atoms with E-state index in [2.05, 4.69) is 5.32 Å². The van der Waals surface area contributed by atoms with Crippen molar-refractivity contribution in [1.29, 1.82) is 0 Å². The third kappa shape index (κ3) is 6.10. The average Bonchev–Trinajstić information content (AvgIpc) is 2.83. The number of methoxy groups -OCH3 is 2. The summed E-state index contributed by atoms with van der Waals surface area (Å²) in [6, 6.07) is 9.40. The van der Waals surface area contributed by atoms with Crippen LogP contribution in [0.15, 0.2) is 41.3 Å². The molecule has 1 aliphatic rings. The summed E-state index contributed by atoms with van der Waals surface area (Å²) in [6.07, 6.45) is 2.74. The number of rotatable bonds is 9. The van der Waals surface area contributed by atoms with Crippen LogP contribution in [0, 0.1) is 0 Å². The minimum absolute atomic E-state index is 0.119. The third-order valence-electron chi connectivity index (χ3n) is 5.50. The largest absolute Gasteiger partial charge is 0.493 e. The molecule has 2 aromatic rings. The van der Waals surface area contributed by atoms with E-state index in [9.17, 15) is 13.2 Å². The van der Waals surface area contributed by atoms with E-state index in [-0.39, 0.29) is 34.2 Å². The van der Waals surface area contributed by atoms with E-state index in [0.29, 0.717) is 24.6 Å². The first-order valence-corrected chi connectivity index (χ1v) is 12.5. The first-order valence-electron chi connectivity index (χ1n) is 10.7. The zero-order valence-electron chi connectivity index (χ0n) is 19.0. The number of hydrogen-bond acceptors (Lipinski definition) is 6. The minimum Gasteiger partial charge on any atom is -0.493 e. The smallest absolute Gasteiger partial charge is 0.258 e. The number of nitrogens with zero attached hydrogens (tertiary/aromatic N) is 1. The number of halogens is 1. The number of carbonyl (C=O) groups excluding carboxylic acids is 1. The molecule has 2 aromatic carbocycles. The highest BCUT2D eigenvalue weighted by atomic mass is 35.5. The number of piperidine rings is 1. The van der Waals surface area contributed by atoms with Crippen molar-refractivity contribution in [3.05, 3.63) is 47.0 Å². The molecular weight excluding hydrogens is 468 g/mol. The Hall–Kier alpha value is -2.49. The lowest BCUT2D eigenvalue weighted by molar-refractivity contribution is -0.123. The first kappa shape index (κ1) is 25.1. The van der Waals surface area contributed by atoms with Gasteiger partial charge in [-0.05, 0) is 55.7 Å². The number of amides is 1. The van der Waals surface area contributed by atoms with E-state index in [1.54, 1.807) is 26.4 Å². The molecule has 33 heavy (non-hydrogen) atoms. The molecule has 0 aliphatic carbocycles. The molecule has 1 atom stereocenters. The van der Waals surface area contributed by atoms with Crippen LogP contribution >= 0.6 is 11.6 Å². The van der Waals surface area contributed by atoms with E-state index in [0.717, 1.165) is 24.8 Å². The molecule has 1 aliphatic heterocycles. The van der Waals surface area contributed by atoms with E-state index >= 15 is 0 Å². The number of carbonyl (C=O) groups is 1. The van der Waals surface area contributed by atoms with Crippen molar-refractivity contribution in [2.75, 3.05) is 33.9 Å². The van der Waals surface area contributed by atoms with Gasteiger partial charge in [-0.1, -0.05) is 24.1 Å². The SMILES string of the molecule is COc1ccc([C@@H](C)NC(=O)COc2ccc(S(=O)(=O)N3CCCCC3)cc2Cl)cc1OC. The second-order valence-electron chi connectivity index (χ2n) is 7.75. The number of ether oxygens (including phenoxy) is 3. The Morgan fingerprint density at radius 3 is 2.33 bits per heavy atom. The molecule has 1 saturated heterocycles. The molecule has 1 N–H and O–H groups in total. The highest BCUT2D eigenvalue weighted by molar-refractivity contribution is 7.89. The second-order valence-corrected chi connectivity index (χ2v) is 10.1. The molecule has 0 unspecified atom stereocenters. The predicted molar refractivity (Wildman–Crippen MR) is 126 cm³/mol. The first-order chi connectivity index (χ1) is 15.8. The van der Waals surface area contributed by atoms with Crippen molar-refractivity contribution in [3.63, 3.8) is 0 Å². The fourth-order valence-corrected chi connectivity index (χ4v) is 5.49. The van der Waals surface area contributed by atoms with Crippen molar-refractivity contribution in [3.8, 4) is 17.2 Å². The molecule has 1 fully saturated rings. The number of benzene rings is 2. The summed E-state index contributed by atoms with van der Waals surface area (Å²) in [4.78, 5) is 12.5. The van der Waals surface area contributed by atoms with Crippen LogP contribution in [0.2, 0.25) is 5.02 Å². The summed E-state index contributed by atoms with van der Waals surface area (Å²) in [5.74, 6) is 1.06. The van der Waals surface area contributed by atoms with Gasteiger partial charge in [-0.15, -0.1) is 0 Å². The lowest BCUT2D eigenvalue weighted by Gasteiger charge is -2.26. The van der Waals surface area contributed by atoms with E-state index in [4.69, 9.17) is 25.8 Å². The van der Waals surface area contributed by atoms with E-state index in [1.807, 2.05) is 13.0 Å².